The minimum absolute atomic E-state index is 0.471. The Labute approximate surface area is 139 Å². The van der Waals surface area contributed by atoms with E-state index in [1.54, 1.807) is 48.5 Å². The predicted octanol–water partition coefficient (Wildman–Crippen LogP) is 5.14. The standard InChI is InChI=1S/C14H11Cl2N3O2S/c15-9-1-5-11(6-2-9)18-13(20)22(17)14(21)19-12-7-3-10(16)4-8-12/h1-8,17H,(H,18,20)(H,19,21). The van der Waals surface area contributed by atoms with Crippen LogP contribution in [0.2, 0.25) is 10.0 Å². The molecule has 0 heterocycles. The quantitative estimate of drug-likeness (QED) is 0.696. The van der Waals surface area contributed by atoms with Gasteiger partial charge in [0.25, 0.3) is 0 Å². The van der Waals surface area contributed by atoms with E-state index in [1.807, 2.05) is 0 Å². The molecule has 0 unspecified atom stereocenters. The molecule has 0 radical (unpaired) electrons. The fraction of sp³-hybridized carbons (Fsp3) is 0. The smallest absolute Gasteiger partial charge is 0.303 e. The highest BCUT2D eigenvalue weighted by Crippen LogP contribution is 2.16. The third kappa shape index (κ3) is 4.56. The Balaban J connectivity index is 1.97. The molecule has 0 aliphatic heterocycles. The largest absolute Gasteiger partial charge is 0.316 e. The lowest BCUT2D eigenvalue weighted by Gasteiger charge is -2.08. The van der Waals surface area contributed by atoms with Crippen molar-refractivity contribution in [1.29, 1.82) is 4.78 Å². The fourth-order valence-corrected chi connectivity index (χ4v) is 2.35. The van der Waals surface area contributed by atoms with E-state index in [9.17, 15) is 9.59 Å². The van der Waals surface area contributed by atoms with Crippen molar-refractivity contribution in [2.45, 2.75) is 0 Å². The monoisotopic (exact) mass is 355 g/mol. The molecule has 0 saturated heterocycles. The fourth-order valence-electron chi connectivity index (χ4n) is 1.49. The summed E-state index contributed by atoms with van der Waals surface area (Å²) in [5, 5.41) is 4.64. The molecule has 0 spiro atoms. The van der Waals surface area contributed by atoms with E-state index in [4.69, 9.17) is 28.0 Å². The number of amides is 2. The molecule has 0 atom stereocenters. The van der Waals surface area contributed by atoms with Crippen LogP contribution in [-0.2, 0) is 10.7 Å². The molecule has 0 bridgehead atoms. The van der Waals surface area contributed by atoms with Crippen LogP contribution in [0.1, 0.15) is 0 Å². The molecular weight excluding hydrogens is 345 g/mol. The van der Waals surface area contributed by atoms with Gasteiger partial charge in [-0.05, 0) is 48.5 Å². The summed E-state index contributed by atoms with van der Waals surface area (Å²) in [6.07, 6.45) is 0. The number of halogens is 2. The van der Waals surface area contributed by atoms with E-state index in [0.29, 0.717) is 21.4 Å². The number of nitrogens with one attached hydrogen (secondary N) is 3. The summed E-state index contributed by atoms with van der Waals surface area (Å²) in [7, 11) is -1.89. The third-order valence-corrected chi connectivity index (χ3v) is 4.00. The number of benzene rings is 2. The summed E-state index contributed by atoms with van der Waals surface area (Å²) < 4.78 is 7.72. The van der Waals surface area contributed by atoms with Crippen LogP contribution in [0, 0.1) is 4.78 Å². The Bertz CT molecular complexity index is 656. The van der Waals surface area contributed by atoms with Gasteiger partial charge in [-0.25, -0.2) is 0 Å². The van der Waals surface area contributed by atoms with E-state index in [0.717, 1.165) is 0 Å². The maximum Gasteiger partial charge on any atom is 0.303 e. The van der Waals surface area contributed by atoms with Crippen molar-refractivity contribution in [3.63, 3.8) is 0 Å². The number of rotatable bonds is 2. The summed E-state index contributed by atoms with van der Waals surface area (Å²) in [5.74, 6) is 0. The van der Waals surface area contributed by atoms with Crippen LogP contribution in [-0.4, -0.2) is 10.5 Å². The van der Waals surface area contributed by atoms with Gasteiger partial charge in [0.1, 0.15) is 0 Å². The Kier molecular flexibility index (Phi) is 5.54. The van der Waals surface area contributed by atoms with Crippen molar-refractivity contribution in [3.05, 3.63) is 58.6 Å². The van der Waals surface area contributed by atoms with Crippen molar-refractivity contribution in [2.24, 2.45) is 0 Å². The van der Waals surface area contributed by atoms with Gasteiger partial charge in [-0.3, -0.25) is 14.4 Å². The topological polar surface area (TPSA) is 82.1 Å². The molecule has 2 amide bonds. The third-order valence-electron chi connectivity index (χ3n) is 2.55. The molecule has 2 aromatic carbocycles. The summed E-state index contributed by atoms with van der Waals surface area (Å²) in [4.78, 5) is 23.8. The Morgan fingerprint density at radius 3 is 1.41 bits per heavy atom. The van der Waals surface area contributed by atoms with Gasteiger partial charge in [-0.15, -0.1) is 0 Å². The normalized spacial score (nSPS) is 10.3. The average Bonchev–Trinajstić information content (AvgIpc) is 2.51. The number of anilines is 2. The highest BCUT2D eigenvalue weighted by Gasteiger charge is 2.17. The SMILES string of the molecule is N=S(C(=O)Nc1ccc(Cl)cc1)C(=O)Nc1ccc(Cl)cc1. The van der Waals surface area contributed by atoms with Crippen LogP contribution in [0.4, 0.5) is 21.0 Å². The predicted molar refractivity (Wildman–Crippen MR) is 91.0 cm³/mol. The second-order valence-corrected chi connectivity index (χ2v) is 6.37. The lowest BCUT2D eigenvalue weighted by molar-refractivity contribution is 0.266. The summed E-state index contributed by atoms with van der Waals surface area (Å²) >= 11 is 11.5. The van der Waals surface area contributed by atoms with Gasteiger partial charge in [0.15, 0.2) is 0 Å². The second kappa shape index (κ2) is 7.40. The van der Waals surface area contributed by atoms with Gasteiger partial charge in [-0.1, -0.05) is 23.2 Å². The minimum atomic E-state index is -1.89. The summed E-state index contributed by atoms with van der Waals surface area (Å²) in [5.41, 5.74) is 0.942. The van der Waals surface area contributed by atoms with Gasteiger partial charge in [0, 0.05) is 21.4 Å². The van der Waals surface area contributed by atoms with E-state index < -0.39 is 21.2 Å². The Hall–Kier alpha value is -1.89. The van der Waals surface area contributed by atoms with E-state index in [2.05, 4.69) is 10.6 Å². The van der Waals surface area contributed by atoms with Gasteiger partial charge >= 0.3 is 10.5 Å². The molecule has 8 heteroatoms. The van der Waals surface area contributed by atoms with Crippen LogP contribution in [0.3, 0.4) is 0 Å². The van der Waals surface area contributed by atoms with E-state index >= 15 is 0 Å². The van der Waals surface area contributed by atoms with Crippen LogP contribution in [0.15, 0.2) is 48.5 Å². The zero-order chi connectivity index (χ0) is 16.1. The second-order valence-electron chi connectivity index (χ2n) is 4.14. The summed E-state index contributed by atoms with van der Waals surface area (Å²) in [6, 6.07) is 12.8. The molecule has 0 aliphatic rings. The molecule has 0 fully saturated rings. The van der Waals surface area contributed by atoms with Crippen molar-refractivity contribution < 1.29 is 9.59 Å². The van der Waals surface area contributed by atoms with E-state index in [-0.39, 0.29) is 0 Å². The number of hydrogen-bond donors (Lipinski definition) is 3. The van der Waals surface area contributed by atoms with Crippen molar-refractivity contribution in [2.75, 3.05) is 10.6 Å². The Morgan fingerprint density at radius 2 is 1.09 bits per heavy atom. The molecule has 0 aliphatic carbocycles. The highest BCUT2D eigenvalue weighted by molar-refractivity contribution is 8.14. The highest BCUT2D eigenvalue weighted by atomic mass is 35.5. The zero-order valence-electron chi connectivity index (χ0n) is 11.1. The molecule has 0 saturated carbocycles. The molecule has 3 N–H and O–H groups in total. The summed E-state index contributed by atoms with van der Waals surface area (Å²) in [6.45, 7) is 0. The Morgan fingerprint density at radius 1 is 0.773 bits per heavy atom. The maximum absolute atomic E-state index is 11.9. The van der Waals surface area contributed by atoms with Crippen LogP contribution < -0.4 is 10.6 Å². The molecular formula is C14H11Cl2N3O2S. The minimum Gasteiger partial charge on any atom is -0.316 e. The van der Waals surface area contributed by atoms with Crippen molar-refractivity contribution in [1.82, 2.24) is 0 Å². The zero-order valence-corrected chi connectivity index (χ0v) is 13.4. The average molecular weight is 356 g/mol. The van der Waals surface area contributed by atoms with Crippen LogP contribution in [0.25, 0.3) is 0 Å². The van der Waals surface area contributed by atoms with E-state index in [1.165, 1.54) is 0 Å². The molecule has 0 aromatic heterocycles. The lowest BCUT2D eigenvalue weighted by atomic mass is 10.3. The number of carbonyl (C=O) groups excluding carboxylic acids is 2. The molecule has 2 rings (SSSR count). The van der Waals surface area contributed by atoms with Crippen molar-refractivity contribution >= 4 is 55.7 Å². The van der Waals surface area contributed by atoms with Crippen molar-refractivity contribution in [3.8, 4) is 0 Å². The number of carbonyl (C=O) groups is 2. The lowest BCUT2D eigenvalue weighted by Crippen LogP contribution is -2.25. The first kappa shape index (κ1) is 16.5. The molecule has 114 valence electrons. The molecule has 22 heavy (non-hydrogen) atoms. The van der Waals surface area contributed by atoms with Crippen LogP contribution in [0.5, 0.6) is 0 Å². The number of hydrogen-bond acceptors (Lipinski definition) is 3. The van der Waals surface area contributed by atoms with Gasteiger partial charge in [0.05, 0.1) is 10.7 Å². The van der Waals surface area contributed by atoms with Gasteiger partial charge in [-0.2, -0.15) is 0 Å². The maximum atomic E-state index is 11.9. The van der Waals surface area contributed by atoms with Crippen LogP contribution >= 0.6 is 23.2 Å². The first-order valence-corrected chi connectivity index (χ1v) is 8.02. The van der Waals surface area contributed by atoms with Gasteiger partial charge in [0.2, 0.25) is 0 Å². The molecule has 5 nitrogen and oxygen atoms in total. The molecule has 2 aromatic rings. The van der Waals surface area contributed by atoms with Gasteiger partial charge < -0.3 is 10.6 Å². The first-order chi connectivity index (χ1) is 10.5. The first-order valence-electron chi connectivity index (χ1n) is 6.04.